The van der Waals surface area contributed by atoms with Gasteiger partial charge in [0.2, 0.25) is 0 Å². The molecule has 1 aliphatic heterocycles. The second-order valence-electron chi connectivity index (χ2n) is 5.19. The van der Waals surface area contributed by atoms with Crippen molar-refractivity contribution >= 4 is 0 Å². The quantitative estimate of drug-likeness (QED) is 0.819. The van der Waals surface area contributed by atoms with Crippen molar-refractivity contribution in [3.05, 3.63) is 29.8 Å². The number of ether oxygens (including phenoxy) is 1. The molecule has 3 unspecified atom stereocenters. The molecule has 0 bridgehead atoms. The SMILES string of the molecule is NC1CCCC(NC2COc3ccccc32)C1. The van der Waals surface area contributed by atoms with E-state index in [0.29, 0.717) is 18.1 Å². The number of rotatable bonds is 2. The van der Waals surface area contributed by atoms with Crippen LogP contribution in [0.2, 0.25) is 0 Å². The summed E-state index contributed by atoms with van der Waals surface area (Å²) in [5, 5.41) is 3.70. The second-order valence-corrected chi connectivity index (χ2v) is 5.19. The molecule has 3 rings (SSSR count). The minimum atomic E-state index is 0.349. The molecule has 17 heavy (non-hydrogen) atoms. The molecule has 0 spiro atoms. The van der Waals surface area contributed by atoms with Crippen LogP contribution in [0.25, 0.3) is 0 Å². The number of fused-ring (bicyclic) bond motifs is 1. The molecule has 0 saturated heterocycles. The zero-order valence-corrected chi connectivity index (χ0v) is 10.1. The zero-order valence-electron chi connectivity index (χ0n) is 10.1. The minimum absolute atomic E-state index is 0.349. The highest BCUT2D eigenvalue weighted by atomic mass is 16.5. The van der Waals surface area contributed by atoms with Crippen LogP contribution in [0.3, 0.4) is 0 Å². The van der Waals surface area contributed by atoms with Gasteiger partial charge in [-0.05, 0) is 25.3 Å². The third kappa shape index (κ3) is 2.31. The van der Waals surface area contributed by atoms with Crippen molar-refractivity contribution in [2.24, 2.45) is 5.73 Å². The highest BCUT2D eigenvalue weighted by molar-refractivity contribution is 5.39. The summed E-state index contributed by atoms with van der Waals surface area (Å²) in [6, 6.07) is 9.58. The van der Waals surface area contributed by atoms with Crippen LogP contribution in [0.15, 0.2) is 24.3 Å². The van der Waals surface area contributed by atoms with Gasteiger partial charge >= 0.3 is 0 Å². The lowest BCUT2D eigenvalue weighted by Crippen LogP contribution is -2.41. The first-order valence-electron chi connectivity index (χ1n) is 6.56. The van der Waals surface area contributed by atoms with E-state index in [1.807, 2.05) is 12.1 Å². The first-order valence-corrected chi connectivity index (χ1v) is 6.56. The number of hydrogen-bond donors (Lipinski definition) is 2. The number of para-hydroxylation sites is 1. The number of nitrogens with one attached hydrogen (secondary N) is 1. The Bertz CT molecular complexity index is 394. The zero-order chi connectivity index (χ0) is 11.7. The minimum Gasteiger partial charge on any atom is -0.491 e. The fourth-order valence-corrected chi connectivity index (χ4v) is 2.96. The molecule has 2 aliphatic rings. The van der Waals surface area contributed by atoms with Crippen LogP contribution < -0.4 is 15.8 Å². The summed E-state index contributed by atoms with van der Waals surface area (Å²) >= 11 is 0. The molecule has 0 radical (unpaired) electrons. The predicted octanol–water partition coefficient (Wildman–Crippen LogP) is 1.98. The Morgan fingerprint density at radius 2 is 2.12 bits per heavy atom. The third-order valence-electron chi connectivity index (χ3n) is 3.85. The molecule has 1 aliphatic carbocycles. The van der Waals surface area contributed by atoms with Gasteiger partial charge < -0.3 is 15.8 Å². The fourth-order valence-electron chi connectivity index (χ4n) is 2.96. The normalized spacial score (nSPS) is 31.9. The van der Waals surface area contributed by atoms with Gasteiger partial charge in [0, 0.05) is 17.6 Å². The molecule has 3 atom stereocenters. The van der Waals surface area contributed by atoms with E-state index in [2.05, 4.69) is 17.4 Å². The lowest BCUT2D eigenvalue weighted by atomic mass is 9.91. The van der Waals surface area contributed by atoms with Crippen LogP contribution in [0.1, 0.15) is 37.3 Å². The van der Waals surface area contributed by atoms with Crippen LogP contribution in [0.4, 0.5) is 0 Å². The van der Waals surface area contributed by atoms with Crippen molar-refractivity contribution < 1.29 is 4.74 Å². The lowest BCUT2D eigenvalue weighted by Gasteiger charge is -2.29. The van der Waals surface area contributed by atoms with Crippen molar-refractivity contribution in [1.29, 1.82) is 0 Å². The largest absolute Gasteiger partial charge is 0.491 e. The molecule has 1 fully saturated rings. The molecule has 1 saturated carbocycles. The maximum atomic E-state index is 6.02. The molecule has 1 heterocycles. The average molecular weight is 232 g/mol. The Labute approximate surface area is 102 Å². The molecular formula is C14H20N2O. The topological polar surface area (TPSA) is 47.3 Å². The molecule has 3 N–H and O–H groups in total. The first kappa shape index (κ1) is 11.1. The van der Waals surface area contributed by atoms with E-state index in [4.69, 9.17) is 10.5 Å². The van der Waals surface area contributed by atoms with E-state index < -0.39 is 0 Å². The van der Waals surface area contributed by atoms with E-state index in [1.54, 1.807) is 0 Å². The Hall–Kier alpha value is -1.06. The highest BCUT2D eigenvalue weighted by Crippen LogP contribution is 2.33. The van der Waals surface area contributed by atoms with Crippen molar-refractivity contribution in [2.75, 3.05) is 6.61 Å². The summed E-state index contributed by atoms with van der Waals surface area (Å²) in [5.74, 6) is 1.03. The summed E-state index contributed by atoms with van der Waals surface area (Å²) in [6.07, 6.45) is 4.76. The van der Waals surface area contributed by atoms with Gasteiger partial charge in [-0.25, -0.2) is 0 Å². The molecule has 3 nitrogen and oxygen atoms in total. The standard InChI is InChI=1S/C14H20N2O/c15-10-4-3-5-11(8-10)16-13-9-17-14-7-2-1-6-12(13)14/h1-2,6-7,10-11,13,16H,3-5,8-9,15H2. The molecular weight excluding hydrogens is 212 g/mol. The van der Waals surface area contributed by atoms with Crippen molar-refractivity contribution in [3.8, 4) is 5.75 Å². The molecule has 1 aromatic carbocycles. The van der Waals surface area contributed by atoms with Crippen LogP contribution in [0.5, 0.6) is 5.75 Å². The molecule has 3 heteroatoms. The Kier molecular flexibility index (Phi) is 3.04. The van der Waals surface area contributed by atoms with E-state index in [-0.39, 0.29) is 0 Å². The van der Waals surface area contributed by atoms with Gasteiger partial charge in [0.25, 0.3) is 0 Å². The van der Waals surface area contributed by atoms with Crippen LogP contribution in [0, 0.1) is 0 Å². The maximum Gasteiger partial charge on any atom is 0.124 e. The monoisotopic (exact) mass is 232 g/mol. The van der Waals surface area contributed by atoms with E-state index in [0.717, 1.165) is 18.8 Å². The van der Waals surface area contributed by atoms with Crippen molar-refractivity contribution in [3.63, 3.8) is 0 Å². The first-order chi connectivity index (χ1) is 8.33. The summed E-state index contributed by atoms with van der Waals surface area (Å²) in [6.45, 7) is 0.755. The predicted molar refractivity (Wildman–Crippen MR) is 68.0 cm³/mol. The van der Waals surface area contributed by atoms with E-state index >= 15 is 0 Å². The fraction of sp³-hybridized carbons (Fsp3) is 0.571. The number of hydrogen-bond acceptors (Lipinski definition) is 3. The smallest absolute Gasteiger partial charge is 0.124 e. The molecule has 0 amide bonds. The number of nitrogens with two attached hydrogens (primary N) is 1. The van der Waals surface area contributed by atoms with Crippen LogP contribution >= 0.6 is 0 Å². The Morgan fingerprint density at radius 3 is 3.00 bits per heavy atom. The second kappa shape index (κ2) is 4.67. The molecule has 0 aromatic heterocycles. The van der Waals surface area contributed by atoms with Gasteiger partial charge in [0.15, 0.2) is 0 Å². The Morgan fingerprint density at radius 1 is 1.24 bits per heavy atom. The summed E-state index contributed by atoms with van der Waals surface area (Å²) in [5.41, 5.74) is 7.32. The molecule has 92 valence electrons. The van der Waals surface area contributed by atoms with E-state index in [1.165, 1.54) is 24.8 Å². The van der Waals surface area contributed by atoms with Gasteiger partial charge in [0.1, 0.15) is 12.4 Å². The molecule has 1 aromatic rings. The van der Waals surface area contributed by atoms with Crippen LogP contribution in [-0.2, 0) is 0 Å². The maximum absolute atomic E-state index is 6.02. The summed E-state index contributed by atoms with van der Waals surface area (Å²) in [4.78, 5) is 0. The highest BCUT2D eigenvalue weighted by Gasteiger charge is 2.27. The summed E-state index contributed by atoms with van der Waals surface area (Å²) in [7, 11) is 0. The van der Waals surface area contributed by atoms with Gasteiger partial charge in [-0.3, -0.25) is 0 Å². The average Bonchev–Trinajstić information content (AvgIpc) is 2.73. The van der Waals surface area contributed by atoms with Crippen LogP contribution in [-0.4, -0.2) is 18.7 Å². The Balaban J connectivity index is 1.67. The summed E-state index contributed by atoms with van der Waals surface area (Å²) < 4.78 is 5.69. The van der Waals surface area contributed by atoms with Crippen molar-refractivity contribution in [1.82, 2.24) is 5.32 Å². The lowest BCUT2D eigenvalue weighted by molar-refractivity contribution is 0.265. The van der Waals surface area contributed by atoms with E-state index in [9.17, 15) is 0 Å². The van der Waals surface area contributed by atoms with Crippen molar-refractivity contribution in [2.45, 2.75) is 43.8 Å². The van der Waals surface area contributed by atoms with Gasteiger partial charge in [-0.2, -0.15) is 0 Å². The van der Waals surface area contributed by atoms with Gasteiger partial charge in [0.05, 0.1) is 6.04 Å². The van der Waals surface area contributed by atoms with Gasteiger partial charge in [-0.1, -0.05) is 24.6 Å². The number of benzene rings is 1. The van der Waals surface area contributed by atoms with Gasteiger partial charge in [-0.15, -0.1) is 0 Å². The third-order valence-corrected chi connectivity index (χ3v) is 3.85.